The lowest BCUT2D eigenvalue weighted by Crippen LogP contribution is -2.52. The average Bonchev–Trinajstić information content (AvgIpc) is 2.25. The van der Waals surface area contributed by atoms with Crippen LogP contribution in [0, 0.1) is 0 Å². The molecule has 1 aliphatic carbocycles. The highest BCUT2D eigenvalue weighted by Crippen LogP contribution is 2.35. The van der Waals surface area contributed by atoms with E-state index in [0.717, 1.165) is 38.7 Å². The Labute approximate surface area is 97.9 Å². The van der Waals surface area contributed by atoms with Gasteiger partial charge in [-0.1, -0.05) is 6.42 Å². The maximum atomic E-state index is 6.05. The maximum absolute atomic E-state index is 6.05. The Morgan fingerprint density at radius 3 is 2.44 bits per heavy atom. The molecule has 3 fully saturated rings. The lowest BCUT2D eigenvalue weighted by Gasteiger charge is -2.45. The number of hydrogen-bond acceptors (Lipinski definition) is 3. The van der Waals surface area contributed by atoms with E-state index in [1.807, 2.05) is 0 Å². The summed E-state index contributed by atoms with van der Waals surface area (Å²) < 4.78 is 11.5. The van der Waals surface area contributed by atoms with Gasteiger partial charge in [0.1, 0.15) is 0 Å². The topological polar surface area (TPSA) is 30.5 Å². The minimum atomic E-state index is 0.151. The summed E-state index contributed by atoms with van der Waals surface area (Å²) in [6, 6.07) is 1.50. The van der Waals surface area contributed by atoms with E-state index in [1.165, 1.54) is 32.1 Å². The van der Waals surface area contributed by atoms with Crippen LogP contribution >= 0.6 is 0 Å². The SMILES string of the molecule is C1CC(NC2CCOC3(CCOCC3)C2)C1. The molecular weight excluding hydrogens is 202 g/mol. The predicted molar refractivity (Wildman–Crippen MR) is 62.5 cm³/mol. The minimum Gasteiger partial charge on any atom is -0.381 e. The van der Waals surface area contributed by atoms with Gasteiger partial charge in [-0.2, -0.15) is 0 Å². The van der Waals surface area contributed by atoms with Crippen molar-refractivity contribution in [3.63, 3.8) is 0 Å². The lowest BCUT2D eigenvalue weighted by atomic mass is 9.83. The molecule has 3 heteroatoms. The molecule has 1 saturated carbocycles. The van der Waals surface area contributed by atoms with Crippen molar-refractivity contribution in [3.8, 4) is 0 Å². The van der Waals surface area contributed by atoms with Crippen LogP contribution in [0.3, 0.4) is 0 Å². The quantitative estimate of drug-likeness (QED) is 0.778. The summed E-state index contributed by atoms with van der Waals surface area (Å²) in [6.45, 7) is 2.71. The molecule has 1 unspecified atom stereocenters. The van der Waals surface area contributed by atoms with E-state index in [1.54, 1.807) is 0 Å². The van der Waals surface area contributed by atoms with Gasteiger partial charge in [0.2, 0.25) is 0 Å². The first kappa shape index (κ1) is 11.0. The molecule has 3 nitrogen and oxygen atoms in total. The Balaban J connectivity index is 1.55. The van der Waals surface area contributed by atoms with Crippen LogP contribution < -0.4 is 5.32 Å². The molecule has 1 N–H and O–H groups in total. The Kier molecular flexibility index (Phi) is 3.18. The fourth-order valence-corrected chi connectivity index (χ4v) is 3.17. The van der Waals surface area contributed by atoms with Crippen LogP contribution in [0.15, 0.2) is 0 Å². The van der Waals surface area contributed by atoms with Gasteiger partial charge in [0.05, 0.1) is 5.60 Å². The maximum Gasteiger partial charge on any atom is 0.0741 e. The van der Waals surface area contributed by atoms with E-state index < -0.39 is 0 Å². The molecule has 2 aliphatic heterocycles. The van der Waals surface area contributed by atoms with Crippen molar-refractivity contribution in [1.82, 2.24) is 5.32 Å². The second-order valence-electron chi connectivity index (χ2n) is 5.63. The number of rotatable bonds is 2. The second kappa shape index (κ2) is 4.63. The second-order valence-corrected chi connectivity index (χ2v) is 5.63. The summed E-state index contributed by atoms with van der Waals surface area (Å²) in [7, 11) is 0. The molecule has 92 valence electrons. The molecule has 2 heterocycles. The molecule has 0 aromatic heterocycles. The first-order chi connectivity index (χ1) is 7.86. The van der Waals surface area contributed by atoms with Crippen LogP contribution in [0.25, 0.3) is 0 Å². The summed E-state index contributed by atoms with van der Waals surface area (Å²) in [6.07, 6.45) is 8.76. The van der Waals surface area contributed by atoms with E-state index in [-0.39, 0.29) is 5.60 Å². The predicted octanol–water partition coefficient (Wildman–Crippen LogP) is 1.86. The normalized spacial score (nSPS) is 34.9. The van der Waals surface area contributed by atoms with Gasteiger partial charge in [0, 0.05) is 31.9 Å². The van der Waals surface area contributed by atoms with Gasteiger partial charge < -0.3 is 14.8 Å². The molecule has 0 amide bonds. The van der Waals surface area contributed by atoms with Crippen LogP contribution in [0.5, 0.6) is 0 Å². The van der Waals surface area contributed by atoms with Crippen LogP contribution in [0.1, 0.15) is 44.9 Å². The van der Waals surface area contributed by atoms with Crippen molar-refractivity contribution in [2.75, 3.05) is 19.8 Å². The van der Waals surface area contributed by atoms with Gasteiger partial charge in [0.15, 0.2) is 0 Å². The zero-order valence-corrected chi connectivity index (χ0v) is 10.0. The first-order valence-corrected chi connectivity index (χ1v) is 6.84. The van der Waals surface area contributed by atoms with Crippen molar-refractivity contribution < 1.29 is 9.47 Å². The number of ether oxygens (including phenoxy) is 2. The molecule has 0 bridgehead atoms. The van der Waals surface area contributed by atoms with E-state index >= 15 is 0 Å². The molecule has 16 heavy (non-hydrogen) atoms. The van der Waals surface area contributed by atoms with E-state index in [4.69, 9.17) is 9.47 Å². The molecule has 3 aliphatic rings. The van der Waals surface area contributed by atoms with Crippen LogP contribution in [-0.4, -0.2) is 37.5 Å². The smallest absolute Gasteiger partial charge is 0.0741 e. The highest BCUT2D eigenvalue weighted by molar-refractivity contribution is 4.93. The number of hydrogen-bond donors (Lipinski definition) is 1. The third kappa shape index (κ3) is 2.27. The van der Waals surface area contributed by atoms with Gasteiger partial charge in [-0.05, 0) is 38.5 Å². The fraction of sp³-hybridized carbons (Fsp3) is 1.00. The largest absolute Gasteiger partial charge is 0.381 e. The van der Waals surface area contributed by atoms with Crippen LogP contribution in [0.2, 0.25) is 0 Å². The van der Waals surface area contributed by atoms with Gasteiger partial charge in [-0.3, -0.25) is 0 Å². The minimum absolute atomic E-state index is 0.151. The van der Waals surface area contributed by atoms with E-state index in [2.05, 4.69) is 5.32 Å². The van der Waals surface area contributed by atoms with Gasteiger partial charge >= 0.3 is 0 Å². The van der Waals surface area contributed by atoms with Crippen molar-refractivity contribution in [2.24, 2.45) is 0 Å². The van der Waals surface area contributed by atoms with E-state index in [9.17, 15) is 0 Å². The standard InChI is InChI=1S/C13H23NO2/c1-2-11(3-1)14-12-4-7-16-13(10-12)5-8-15-9-6-13/h11-12,14H,1-10H2. The zero-order chi connectivity index (χ0) is 10.8. The lowest BCUT2D eigenvalue weighted by molar-refractivity contribution is -0.141. The molecule has 1 spiro atoms. The van der Waals surface area contributed by atoms with Crippen molar-refractivity contribution in [1.29, 1.82) is 0 Å². The highest BCUT2D eigenvalue weighted by Gasteiger charge is 2.39. The number of nitrogens with one attached hydrogen (secondary N) is 1. The molecular formula is C13H23NO2. The molecule has 3 rings (SSSR count). The zero-order valence-electron chi connectivity index (χ0n) is 10.0. The highest BCUT2D eigenvalue weighted by atomic mass is 16.5. The molecule has 0 radical (unpaired) electrons. The Hall–Kier alpha value is -0.120. The average molecular weight is 225 g/mol. The fourth-order valence-electron chi connectivity index (χ4n) is 3.17. The summed E-state index contributed by atoms with van der Waals surface area (Å²) in [5.74, 6) is 0. The molecule has 2 saturated heterocycles. The van der Waals surface area contributed by atoms with Crippen LogP contribution in [-0.2, 0) is 9.47 Å². The Bertz CT molecular complexity index is 229. The summed E-state index contributed by atoms with van der Waals surface area (Å²) >= 11 is 0. The summed E-state index contributed by atoms with van der Waals surface area (Å²) in [4.78, 5) is 0. The van der Waals surface area contributed by atoms with Gasteiger partial charge in [-0.25, -0.2) is 0 Å². The third-order valence-corrected chi connectivity index (χ3v) is 4.47. The third-order valence-electron chi connectivity index (χ3n) is 4.47. The molecule has 1 atom stereocenters. The first-order valence-electron chi connectivity index (χ1n) is 6.84. The Morgan fingerprint density at radius 2 is 1.75 bits per heavy atom. The van der Waals surface area contributed by atoms with Crippen molar-refractivity contribution >= 4 is 0 Å². The van der Waals surface area contributed by atoms with E-state index in [0.29, 0.717) is 6.04 Å². The van der Waals surface area contributed by atoms with Crippen LogP contribution in [0.4, 0.5) is 0 Å². The van der Waals surface area contributed by atoms with Crippen molar-refractivity contribution in [2.45, 2.75) is 62.6 Å². The molecule has 0 aromatic carbocycles. The Morgan fingerprint density at radius 1 is 0.938 bits per heavy atom. The van der Waals surface area contributed by atoms with Crippen molar-refractivity contribution in [3.05, 3.63) is 0 Å². The monoisotopic (exact) mass is 225 g/mol. The van der Waals surface area contributed by atoms with Gasteiger partial charge in [-0.15, -0.1) is 0 Å². The summed E-state index contributed by atoms with van der Waals surface area (Å²) in [5, 5.41) is 3.81. The van der Waals surface area contributed by atoms with Gasteiger partial charge in [0.25, 0.3) is 0 Å². The molecule has 0 aromatic rings. The summed E-state index contributed by atoms with van der Waals surface area (Å²) in [5.41, 5.74) is 0.151.